The van der Waals surface area contributed by atoms with Crippen LogP contribution in [0.5, 0.6) is 17.2 Å². The average molecular weight is 209 g/mol. The molecule has 0 amide bonds. The molecule has 0 unspecified atom stereocenters. The van der Waals surface area contributed by atoms with Gasteiger partial charge in [0.2, 0.25) is 5.75 Å². The molecule has 2 rings (SSSR count). The van der Waals surface area contributed by atoms with E-state index >= 15 is 0 Å². The Kier molecular flexibility index (Phi) is 2.23. The molecule has 1 aromatic carbocycles. The van der Waals surface area contributed by atoms with Gasteiger partial charge in [0.25, 0.3) is 0 Å². The molecule has 1 saturated carbocycles. The normalized spacial score (nSPS) is 17.3. The van der Waals surface area contributed by atoms with E-state index in [2.05, 4.69) is 0 Å². The van der Waals surface area contributed by atoms with Crippen molar-refractivity contribution in [2.75, 3.05) is 14.2 Å². The fourth-order valence-corrected chi connectivity index (χ4v) is 1.60. The van der Waals surface area contributed by atoms with Gasteiger partial charge in [0.1, 0.15) is 0 Å². The highest BCUT2D eigenvalue weighted by atomic mass is 16.5. The third-order valence-electron chi connectivity index (χ3n) is 2.84. The molecule has 4 nitrogen and oxygen atoms in total. The Morgan fingerprint density at radius 1 is 1.20 bits per heavy atom. The van der Waals surface area contributed by atoms with Crippen LogP contribution in [0.2, 0.25) is 0 Å². The highest BCUT2D eigenvalue weighted by Crippen LogP contribution is 2.47. The first-order valence-corrected chi connectivity index (χ1v) is 4.85. The van der Waals surface area contributed by atoms with Crippen LogP contribution in [0.3, 0.4) is 0 Å². The molecule has 0 bridgehead atoms. The van der Waals surface area contributed by atoms with E-state index in [0.29, 0.717) is 11.5 Å². The van der Waals surface area contributed by atoms with Crippen LogP contribution in [-0.4, -0.2) is 19.3 Å². The van der Waals surface area contributed by atoms with Crippen LogP contribution < -0.4 is 15.2 Å². The van der Waals surface area contributed by atoms with Crippen molar-refractivity contribution >= 4 is 0 Å². The molecule has 15 heavy (non-hydrogen) atoms. The van der Waals surface area contributed by atoms with E-state index in [-0.39, 0.29) is 11.3 Å². The largest absolute Gasteiger partial charge is 0.502 e. The Morgan fingerprint density at radius 3 is 2.00 bits per heavy atom. The summed E-state index contributed by atoms with van der Waals surface area (Å²) in [5.41, 5.74) is 6.77. The monoisotopic (exact) mass is 209 g/mol. The van der Waals surface area contributed by atoms with Crippen molar-refractivity contribution in [3.63, 3.8) is 0 Å². The van der Waals surface area contributed by atoms with Gasteiger partial charge >= 0.3 is 0 Å². The van der Waals surface area contributed by atoms with E-state index in [0.717, 1.165) is 18.4 Å². The Balaban J connectivity index is 2.49. The van der Waals surface area contributed by atoms with Gasteiger partial charge in [-0.15, -0.1) is 0 Å². The summed E-state index contributed by atoms with van der Waals surface area (Å²) < 4.78 is 10.1. The summed E-state index contributed by atoms with van der Waals surface area (Å²) in [6.45, 7) is 0. The molecule has 82 valence electrons. The number of hydrogen-bond donors (Lipinski definition) is 2. The predicted octanol–water partition coefficient (Wildman–Crippen LogP) is 1.36. The molecule has 3 N–H and O–H groups in total. The molecule has 0 aliphatic heterocycles. The lowest BCUT2D eigenvalue weighted by atomic mass is 10.0. The maximum Gasteiger partial charge on any atom is 0.200 e. The molecular weight excluding hydrogens is 194 g/mol. The molecule has 0 saturated heterocycles. The standard InChI is InChI=1S/C11H15NO3/c1-14-8-5-7(11(12)3-4-11)6-9(15-2)10(8)13/h5-6,13H,3-4,12H2,1-2H3. The number of hydrogen-bond acceptors (Lipinski definition) is 4. The van der Waals surface area contributed by atoms with Crippen molar-refractivity contribution in [2.24, 2.45) is 5.73 Å². The number of aromatic hydroxyl groups is 1. The van der Waals surface area contributed by atoms with Gasteiger partial charge in [-0.3, -0.25) is 0 Å². The Bertz CT molecular complexity index is 360. The SMILES string of the molecule is COc1cc(C2(N)CC2)cc(OC)c1O. The second kappa shape index (κ2) is 3.31. The summed E-state index contributed by atoms with van der Waals surface area (Å²) in [5, 5.41) is 9.71. The van der Waals surface area contributed by atoms with Crippen LogP contribution in [0.25, 0.3) is 0 Å². The Hall–Kier alpha value is -1.42. The van der Waals surface area contributed by atoms with Gasteiger partial charge in [-0.05, 0) is 30.5 Å². The van der Waals surface area contributed by atoms with Gasteiger partial charge in [0.05, 0.1) is 14.2 Å². The summed E-state index contributed by atoms with van der Waals surface area (Å²) >= 11 is 0. The summed E-state index contributed by atoms with van der Waals surface area (Å²) in [7, 11) is 3.02. The fourth-order valence-electron chi connectivity index (χ4n) is 1.60. The van der Waals surface area contributed by atoms with E-state index < -0.39 is 0 Å². The zero-order valence-corrected chi connectivity index (χ0v) is 8.91. The zero-order valence-electron chi connectivity index (χ0n) is 8.91. The van der Waals surface area contributed by atoms with Crippen molar-refractivity contribution in [1.82, 2.24) is 0 Å². The van der Waals surface area contributed by atoms with Crippen LogP contribution in [0.4, 0.5) is 0 Å². The van der Waals surface area contributed by atoms with Gasteiger partial charge in [-0.25, -0.2) is 0 Å². The molecular formula is C11H15NO3. The second-order valence-corrected chi connectivity index (χ2v) is 3.89. The van der Waals surface area contributed by atoms with Crippen molar-refractivity contribution in [3.05, 3.63) is 17.7 Å². The zero-order chi connectivity index (χ0) is 11.1. The lowest BCUT2D eigenvalue weighted by molar-refractivity contribution is 0.338. The summed E-state index contributed by atoms with van der Waals surface area (Å²) in [6.07, 6.45) is 1.92. The van der Waals surface area contributed by atoms with Crippen LogP contribution in [0.1, 0.15) is 18.4 Å². The smallest absolute Gasteiger partial charge is 0.200 e. The first kappa shape index (κ1) is 10.1. The number of phenolic OH excluding ortho intramolecular Hbond substituents is 1. The Morgan fingerprint density at radius 2 is 1.67 bits per heavy atom. The van der Waals surface area contributed by atoms with Gasteiger partial charge in [-0.2, -0.15) is 0 Å². The van der Waals surface area contributed by atoms with Gasteiger partial charge in [0, 0.05) is 5.54 Å². The van der Waals surface area contributed by atoms with Crippen LogP contribution in [0, 0.1) is 0 Å². The quantitative estimate of drug-likeness (QED) is 0.788. The number of methoxy groups -OCH3 is 2. The average Bonchev–Trinajstić information content (AvgIpc) is 2.98. The minimum absolute atomic E-state index is 0.0213. The molecule has 1 aromatic rings. The topological polar surface area (TPSA) is 64.7 Å². The van der Waals surface area contributed by atoms with Crippen molar-refractivity contribution in [3.8, 4) is 17.2 Å². The molecule has 0 aromatic heterocycles. The first-order valence-electron chi connectivity index (χ1n) is 4.85. The molecule has 0 heterocycles. The minimum atomic E-state index is -0.256. The summed E-state index contributed by atoms with van der Waals surface area (Å²) in [4.78, 5) is 0. The van der Waals surface area contributed by atoms with Crippen LogP contribution in [0.15, 0.2) is 12.1 Å². The molecule has 0 radical (unpaired) electrons. The number of ether oxygens (including phenoxy) is 2. The third-order valence-corrected chi connectivity index (χ3v) is 2.84. The first-order chi connectivity index (χ1) is 7.10. The number of phenols is 1. The van der Waals surface area contributed by atoms with Gasteiger partial charge < -0.3 is 20.3 Å². The van der Waals surface area contributed by atoms with Crippen LogP contribution >= 0.6 is 0 Å². The minimum Gasteiger partial charge on any atom is -0.502 e. The number of nitrogens with two attached hydrogens (primary N) is 1. The highest BCUT2D eigenvalue weighted by Gasteiger charge is 2.41. The van der Waals surface area contributed by atoms with Gasteiger partial charge in [-0.1, -0.05) is 0 Å². The van der Waals surface area contributed by atoms with Crippen molar-refractivity contribution < 1.29 is 14.6 Å². The maximum absolute atomic E-state index is 9.71. The number of rotatable bonds is 3. The van der Waals surface area contributed by atoms with E-state index in [1.165, 1.54) is 14.2 Å². The molecule has 1 fully saturated rings. The molecule has 4 heteroatoms. The van der Waals surface area contributed by atoms with E-state index in [1.807, 2.05) is 0 Å². The van der Waals surface area contributed by atoms with Gasteiger partial charge in [0.15, 0.2) is 11.5 Å². The third kappa shape index (κ3) is 1.61. The molecule has 0 spiro atoms. The fraction of sp³-hybridized carbons (Fsp3) is 0.455. The summed E-state index contributed by atoms with van der Waals surface area (Å²) in [5.74, 6) is 0.829. The van der Waals surface area contributed by atoms with Crippen molar-refractivity contribution in [1.29, 1.82) is 0 Å². The summed E-state index contributed by atoms with van der Waals surface area (Å²) in [6, 6.07) is 3.54. The Labute approximate surface area is 88.6 Å². The molecule has 1 aliphatic rings. The second-order valence-electron chi connectivity index (χ2n) is 3.89. The lowest BCUT2D eigenvalue weighted by Crippen LogP contribution is -2.18. The van der Waals surface area contributed by atoms with E-state index in [1.54, 1.807) is 12.1 Å². The predicted molar refractivity (Wildman–Crippen MR) is 56.3 cm³/mol. The van der Waals surface area contributed by atoms with E-state index in [9.17, 15) is 5.11 Å². The molecule has 1 aliphatic carbocycles. The highest BCUT2D eigenvalue weighted by molar-refractivity contribution is 5.54. The lowest BCUT2D eigenvalue weighted by Gasteiger charge is -2.14. The van der Waals surface area contributed by atoms with E-state index in [4.69, 9.17) is 15.2 Å². The number of benzene rings is 1. The van der Waals surface area contributed by atoms with Crippen molar-refractivity contribution in [2.45, 2.75) is 18.4 Å². The molecule has 0 atom stereocenters. The van der Waals surface area contributed by atoms with Crippen LogP contribution in [-0.2, 0) is 5.54 Å². The maximum atomic E-state index is 9.71.